The number of nitrogens with two attached hydrogens (primary N) is 1. The van der Waals surface area contributed by atoms with Gasteiger partial charge in [-0.25, -0.2) is 0 Å². The number of alkyl halides is 3. The molecule has 0 bridgehead atoms. The summed E-state index contributed by atoms with van der Waals surface area (Å²) < 4.78 is 37.9. The molecule has 0 spiro atoms. The Balaban J connectivity index is 0.000000885. The first-order chi connectivity index (χ1) is 9.55. The minimum absolute atomic E-state index is 0.0490. The van der Waals surface area contributed by atoms with Crippen molar-refractivity contribution < 1.29 is 23.1 Å². The molecular formula is C12H13ClF3N3O2. The number of amidine groups is 1. The molecule has 0 radical (unpaired) electrons. The van der Waals surface area contributed by atoms with Crippen LogP contribution in [0.25, 0.3) is 0 Å². The number of carboxylic acids is 1. The number of aliphatic carboxylic acids is 1. The van der Waals surface area contributed by atoms with Crippen molar-refractivity contribution in [3.05, 3.63) is 34.3 Å². The van der Waals surface area contributed by atoms with Crippen LogP contribution in [0.15, 0.2) is 23.2 Å². The zero-order valence-electron chi connectivity index (χ0n) is 10.9. The van der Waals surface area contributed by atoms with Crippen LogP contribution in [-0.2, 0) is 11.0 Å². The second kappa shape index (κ2) is 8.25. The van der Waals surface area contributed by atoms with Crippen LogP contribution in [0.4, 0.5) is 13.2 Å². The number of carbonyl (C=O) groups is 1. The van der Waals surface area contributed by atoms with Crippen LogP contribution in [0.2, 0.25) is 5.02 Å². The maximum Gasteiger partial charge on any atom is 0.417 e. The molecule has 0 unspecified atom stereocenters. The Morgan fingerprint density at radius 1 is 1.52 bits per heavy atom. The average Bonchev–Trinajstić information content (AvgIpc) is 2.28. The molecule has 21 heavy (non-hydrogen) atoms. The van der Waals surface area contributed by atoms with E-state index in [2.05, 4.69) is 4.99 Å². The van der Waals surface area contributed by atoms with Gasteiger partial charge in [0.1, 0.15) is 5.84 Å². The van der Waals surface area contributed by atoms with Gasteiger partial charge in [-0.2, -0.15) is 13.2 Å². The second-order valence-corrected chi connectivity index (χ2v) is 4.12. The third kappa shape index (κ3) is 7.93. The Morgan fingerprint density at radius 3 is 2.48 bits per heavy atom. The van der Waals surface area contributed by atoms with Crippen molar-refractivity contribution >= 4 is 29.6 Å². The van der Waals surface area contributed by atoms with E-state index in [4.69, 9.17) is 32.6 Å². The van der Waals surface area contributed by atoms with Gasteiger partial charge in [-0.1, -0.05) is 17.7 Å². The Hall–Kier alpha value is -2.09. The molecule has 4 N–H and O–H groups in total. The van der Waals surface area contributed by atoms with Gasteiger partial charge in [0.15, 0.2) is 0 Å². The average molecular weight is 324 g/mol. The summed E-state index contributed by atoms with van der Waals surface area (Å²) in [6.07, 6.45) is -3.52. The maximum atomic E-state index is 12.6. The Kier molecular flexibility index (Phi) is 7.43. The van der Waals surface area contributed by atoms with E-state index < -0.39 is 17.7 Å². The lowest BCUT2D eigenvalue weighted by Crippen LogP contribution is -2.14. The highest BCUT2D eigenvalue weighted by atomic mass is 35.5. The second-order valence-electron chi connectivity index (χ2n) is 3.71. The quantitative estimate of drug-likeness (QED) is 0.589. The standard InChI is InChI=1S/C10H9ClF3N3.C2H4O2/c11-8-3-1-2-7(10(12,13)14)6(8)4-17-5-9(15)16;1-2(3)4/h1-4H,5H2,(H3,15,16);1H3,(H,3,4). The van der Waals surface area contributed by atoms with E-state index in [9.17, 15) is 13.2 Å². The Bertz CT molecular complexity index is 541. The normalized spacial score (nSPS) is 10.9. The lowest BCUT2D eigenvalue weighted by Gasteiger charge is -2.10. The fourth-order valence-electron chi connectivity index (χ4n) is 1.15. The number of hydrogen-bond donors (Lipinski definition) is 3. The summed E-state index contributed by atoms with van der Waals surface area (Å²) in [5.41, 5.74) is 3.95. The van der Waals surface area contributed by atoms with Crippen LogP contribution in [0.5, 0.6) is 0 Å². The molecule has 0 saturated carbocycles. The molecule has 0 saturated heterocycles. The van der Waals surface area contributed by atoms with Gasteiger partial charge in [-0.05, 0) is 12.1 Å². The smallest absolute Gasteiger partial charge is 0.417 e. The van der Waals surface area contributed by atoms with E-state index in [-0.39, 0.29) is 23.0 Å². The van der Waals surface area contributed by atoms with Gasteiger partial charge < -0.3 is 10.8 Å². The number of nitrogens with zero attached hydrogens (tertiary/aromatic N) is 1. The molecule has 0 aliphatic rings. The van der Waals surface area contributed by atoms with E-state index in [0.717, 1.165) is 19.2 Å². The van der Waals surface area contributed by atoms with Gasteiger partial charge in [0.05, 0.1) is 12.1 Å². The minimum Gasteiger partial charge on any atom is -0.481 e. The third-order valence-electron chi connectivity index (χ3n) is 1.84. The van der Waals surface area contributed by atoms with Crippen molar-refractivity contribution in [2.45, 2.75) is 13.1 Å². The van der Waals surface area contributed by atoms with E-state index >= 15 is 0 Å². The zero-order chi connectivity index (χ0) is 16.6. The summed E-state index contributed by atoms with van der Waals surface area (Å²) in [5, 5.41) is 14.3. The van der Waals surface area contributed by atoms with Crippen molar-refractivity contribution in [1.29, 1.82) is 5.41 Å². The van der Waals surface area contributed by atoms with E-state index in [0.29, 0.717) is 0 Å². The summed E-state index contributed by atoms with van der Waals surface area (Å²) in [4.78, 5) is 12.6. The maximum absolute atomic E-state index is 12.6. The zero-order valence-corrected chi connectivity index (χ0v) is 11.7. The van der Waals surface area contributed by atoms with Crippen LogP contribution in [0, 0.1) is 5.41 Å². The number of rotatable bonds is 3. The van der Waals surface area contributed by atoms with Crippen LogP contribution in [-0.4, -0.2) is 29.7 Å². The summed E-state index contributed by atoms with van der Waals surface area (Å²) in [7, 11) is 0. The van der Waals surface area contributed by atoms with Crippen LogP contribution in [0.1, 0.15) is 18.1 Å². The first-order valence-electron chi connectivity index (χ1n) is 5.43. The van der Waals surface area contributed by atoms with Gasteiger partial charge in [-0.3, -0.25) is 15.2 Å². The fourth-order valence-corrected chi connectivity index (χ4v) is 1.37. The van der Waals surface area contributed by atoms with Gasteiger partial charge in [0, 0.05) is 23.7 Å². The summed E-state index contributed by atoms with van der Waals surface area (Å²) in [5.74, 6) is -1.07. The molecule has 9 heteroatoms. The number of nitrogens with one attached hydrogen (secondary N) is 1. The van der Waals surface area contributed by atoms with Crippen molar-refractivity contribution in [3.63, 3.8) is 0 Å². The van der Waals surface area contributed by atoms with Crippen LogP contribution >= 0.6 is 11.6 Å². The molecule has 0 heterocycles. The first kappa shape index (κ1) is 18.9. The lowest BCUT2D eigenvalue weighted by molar-refractivity contribution is -0.137. The van der Waals surface area contributed by atoms with Gasteiger partial charge in [-0.15, -0.1) is 0 Å². The lowest BCUT2D eigenvalue weighted by atomic mass is 10.1. The molecule has 5 nitrogen and oxygen atoms in total. The van der Waals surface area contributed by atoms with E-state index in [1.165, 1.54) is 12.1 Å². The highest BCUT2D eigenvalue weighted by Gasteiger charge is 2.33. The molecule has 0 aliphatic carbocycles. The van der Waals surface area contributed by atoms with Crippen molar-refractivity contribution in [2.24, 2.45) is 10.7 Å². The van der Waals surface area contributed by atoms with Crippen molar-refractivity contribution in [2.75, 3.05) is 6.54 Å². The number of aliphatic imine (C=N–C) groups is 1. The molecule has 1 aromatic rings. The largest absolute Gasteiger partial charge is 0.481 e. The Morgan fingerprint density at radius 2 is 2.05 bits per heavy atom. The SMILES string of the molecule is CC(=O)O.N=C(N)CN=Cc1c(Cl)cccc1C(F)(F)F. The number of halogens is 4. The fraction of sp³-hybridized carbons (Fsp3) is 0.250. The highest BCUT2D eigenvalue weighted by molar-refractivity contribution is 6.33. The van der Waals surface area contributed by atoms with E-state index in [1.807, 2.05) is 0 Å². The van der Waals surface area contributed by atoms with Crippen LogP contribution in [0.3, 0.4) is 0 Å². The summed E-state index contributed by atoms with van der Waals surface area (Å²) in [6, 6.07) is 3.47. The van der Waals surface area contributed by atoms with Gasteiger partial charge in [0.2, 0.25) is 0 Å². The third-order valence-corrected chi connectivity index (χ3v) is 2.17. The molecule has 0 fully saturated rings. The molecule has 0 aliphatic heterocycles. The summed E-state index contributed by atoms with van der Waals surface area (Å²) >= 11 is 5.67. The van der Waals surface area contributed by atoms with Crippen molar-refractivity contribution in [1.82, 2.24) is 0 Å². The van der Waals surface area contributed by atoms with Gasteiger partial charge >= 0.3 is 6.18 Å². The number of hydrogen-bond acceptors (Lipinski definition) is 3. The monoisotopic (exact) mass is 323 g/mol. The van der Waals surface area contributed by atoms with E-state index in [1.54, 1.807) is 0 Å². The predicted octanol–water partition coefficient (Wildman–Crippen LogP) is 2.80. The minimum atomic E-state index is -4.50. The molecule has 1 rings (SSSR count). The Labute approximate surface area is 123 Å². The predicted molar refractivity (Wildman–Crippen MR) is 74.1 cm³/mol. The molecule has 0 aromatic heterocycles. The van der Waals surface area contributed by atoms with Crippen LogP contribution < -0.4 is 5.73 Å². The molecule has 0 atom stereocenters. The number of benzene rings is 1. The topological polar surface area (TPSA) is 99.5 Å². The van der Waals surface area contributed by atoms with Gasteiger partial charge in [0.25, 0.3) is 5.97 Å². The summed E-state index contributed by atoms with van der Waals surface area (Å²) in [6.45, 7) is 0.919. The highest BCUT2D eigenvalue weighted by Crippen LogP contribution is 2.33. The molecule has 0 amide bonds. The molecular weight excluding hydrogens is 311 g/mol. The van der Waals surface area contributed by atoms with Crippen molar-refractivity contribution in [3.8, 4) is 0 Å². The molecule has 116 valence electrons. The molecule has 1 aromatic carbocycles. The number of carboxylic acid groups (broad SMARTS) is 1. The first-order valence-corrected chi connectivity index (χ1v) is 5.81.